The van der Waals surface area contributed by atoms with Crippen LogP contribution in [-0.4, -0.2) is 34.3 Å². The van der Waals surface area contributed by atoms with Crippen LogP contribution in [0.3, 0.4) is 0 Å². The van der Waals surface area contributed by atoms with Crippen molar-refractivity contribution >= 4 is 17.4 Å². The van der Waals surface area contributed by atoms with E-state index >= 15 is 0 Å². The van der Waals surface area contributed by atoms with Crippen LogP contribution >= 0.6 is 11.6 Å². The van der Waals surface area contributed by atoms with E-state index < -0.39 is 0 Å². The Balaban J connectivity index is 2.21. The SMILES string of the molecule is OCC1CCCCCN1c1cncc(Cl)n1. The fraction of sp³-hybridized carbons (Fsp3) is 0.636. The molecule has 0 amide bonds. The van der Waals surface area contributed by atoms with Gasteiger partial charge >= 0.3 is 0 Å². The molecule has 1 unspecified atom stereocenters. The van der Waals surface area contributed by atoms with E-state index in [1.807, 2.05) is 0 Å². The summed E-state index contributed by atoms with van der Waals surface area (Å²) in [5, 5.41) is 9.80. The molecule has 16 heavy (non-hydrogen) atoms. The lowest BCUT2D eigenvalue weighted by molar-refractivity contribution is 0.254. The van der Waals surface area contributed by atoms with E-state index in [0.717, 1.165) is 31.6 Å². The highest BCUT2D eigenvalue weighted by Gasteiger charge is 2.21. The number of nitrogens with zero attached hydrogens (tertiary/aromatic N) is 3. The fourth-order valence-corrected chi connectivity index (χ4v) is 2.28. The molecule has 0 bridgehead atoms. The first-order chi connectivity index (χ1) is 7.81. The Kier molecular flexibility index (Phi) is 3.96. The normalized spacial score (nSPS) is 21.9. The van der Waals surface area contributed by atoms with Crippen molar-refractivity contribution in [1.29, 1.82) is 0 Å². The second-order valence-electron chi connectivity index (χ2n) is 4.08. The van der Waals surface area contributed by atoms with Crippen molar-refractivity contribution < 1.29 is 5.11 Å². The van der Waals surface area contributed by atoms with Crippen LogP contribution in [0.15, 0.2) is 12.4 Å². The van der Waals surface area contributed by atoms with Crippen molar-refractivity contribution in [3.63, 3.8) is 0 Å². The van der Waals surface area contributed by atoms with Crippen molar-refractivity contribution in [2.75, 3.05) is 18.1 Å². The molecule has 1 aliphatic heterocycles. The second kappa shape index (κ2) is 5.46. The topological polar surface area (TPSA) is 49.2 Å². The van der Waals surface area contributed by atoms with Crippen LogP contribution in [0.5, 0.6) is 0 Å². The maximum atomic E-state index is 9.39. The first kappa shape index (κ1) is 11.6. The molecule has 4 nitrogen and oxygen atoms in total. The minimum absolute atomic E-state index is 0.148. The molecular weight excluding hydrogens is 226 g/mol. The zero-order valence-electron chi connectivity index (χ0n) is 9.14. The average molecular weight is 242 g/mol. The number of halogens is 1. The molecule has 1 fully saturated rings. The van der Waals surface area contributed by atoms with Crippen molar-refractivity contribution in [2.24, 2.45) is 0 Å². The number of anilines is 1. The highest BCUT2D eigenvalue weighted by molar-refractivity contribution is 6.29. The van der Waals surface area contributed by atoms with Gasteiger partial charge in [-0.3, -0.25) is 4.98 Å². The van der Waals surface area contributed by atoms with Crippen LogP contribution in [0.4, 0.5) is 5.82 Å². The highest BCUT2D eigenvalue weighted by Crippen LogP contribution is 2.22. The van der Waals surface area contributed by atoms with Gasteiger partial charge in [0.25, 0.3) is 0 Å². The molecule has 1 saturated heterocycles. The Hall–Kier alpha value is -0.870. The van der Waals surface area contributed by atoms with Gasteiger partial charge in [-0.15, -0.1) is 0 Å². The van der Waals surface area contributed by atoms with Gasteiger partial charge < -0.3 is 10.0 Å². The standard InChI is InChI=1S/C11H16ClN3O/c12-10-6-13-7-11(14-10)15-5-3-1-2-4-9(15)8-16/h6-7,9,16H,1-5,8H2. The van der Waals surface area contributed by atoms with Gasteiger partial charge in [-0.25, -0.2) is 4.98 Å². The van der Waals surface area contributed by atoms with E-state index in [-0.39, 0.29) is 12.6 Å². The number of hydrogen-bond donors (Lipinski definition) is 1. The molecule has 0 aromatic carbocycles. The lowest BCUT2D eigenvalue weighted by Gasteiger charge is -2.29. The minimum atomic E-state index is 0.148. The van der Waals surface area contributed by atoms with E-state index in [2.05, 4.69) is 14.9 Å². The summed E-state index contributed by atoms with van der Waals surface area (Å²) in [7, 11) is 0. The van der Waals surface area contributed by atoms with Crippen LogP contribution in [0.25, 0.3) is 0 Å². The average Bonchev–Trinajstić information content (AvgIpc) is 2.53. The van der Waals surface area contributed by atoms with Crippen molar-refractivity contribution in [1.82, 2.24) is 9.97 Å². The molecular formula is C11H16ClN3O. The van der Waals surface area contributed by atoms with Crippen molar-refractivity contribution in [2.45, 2.75) is 31.7 Å². The van der Waals surface area contributed by atoms with Gasteiger partial charge in [0.05, 0.1) is 25.0 Å². The summed E-state index contributed by atoms with van der Waals surface area (Å²) in [6.45, 7) is 1.08. The summed E-state index contributed by atoms with van der Waals surface area (Å²) >= 11 is 5.83. The first-order valence-corrected chi connectivity index (χ1v) is 6.04. The van der Waals surface area contributed by atoms with Crippen molar-refractivity contribution in [3.05, 3.63) is 17.5 Å². The molecule has 1 aromatic rings. The third kappa shape index (κ3) is 2.62. The lowest BCUT2D eigenvalue weighted by atomic mass is 10.1. The molecule has 1 atom stereocenters. The van der Waals surface area contributed by atoms with Crippen LogP contribution in [0, 0.1) is 0 Å². The molecule has 1 N–H and O–H groups in total. The Labute approximate surface area is 100 Å². The largest absolute Gasteiger partial charge is 0.394 e. The first-order valence-electron chi connectivity index (χ1n) is 5.66. The van der Waals surface area contributed by atoms with Gasteiger partial charge in [0.15, 0.2) is 0 Å². The molecule has 0 spiro atoms. The van der Waals surface area contributed by atoms with E-state index in [0.29, 0.717) is 5.15 Å². The van der Waals surface area contributed by atoms with E-state index in [4.69, 9.17) is 11.6 Å². The number of aliphatic hydroxyl groups is 1. The summed E-state index contributed by atoms with van der Waals surface area (Å²) in [5.74, 6) is 0.772. The Morgan fingerprint density at radius 2 is 2.25 bits per heavy atom. The molecule has 1 aliphatic rings. The molecule has 2 rings (SSSR count). The molecule has 5 heteroatoms. The summed E-state index contributed by atoms with van der Waals surface area (Å²) in [6.07, 6.45) is 7.74. The quantitative estimate of drug-likeness (QED) is 0.859. The zero-order chi connectivity index (χ0) is 11.4. The number of aromatic nitrogens is 2. The van der Waals surface area contributed by atoms with Crippen LogP contribution in [0.2, 0.25) is 5.15 Å². The van der Waals surface area contributed by atoms with Gasteiger partial charge in [-0.1, -0.05) is 24.4 Å². The number of hydrogen-bond acceptors (Lipinski definition) is 4. The zero-order valence-corrected chi connectivity index (χ0v) is 9.90. The lowest BCUT2D eigenvalue weighted by Crippen LogP contribution is -2.38. The summed E-state index contributed by atoms with van der Waals surface area (Å²) < 4.78 is 0. The van der Waals surface area contributed by atoms with Gasteiger partial charge in [0.1, 0.15) is 11.0 Å². The fourth-order valence-electron chi connectivity index (χ4n) is 2.14. The van der Waals surface area contributed by atoms with Crippen LogP contribution < -0.4 is 4.90 Å². The molecule has 2 heterocycles. The molecule has 0 aliphatic carbocycles. The maximum Gasteiger partial charge on any atom is 0.149 e. The summed E-state index contributed by atoms with van der Waals surface area (Å²) in [6, 6.07) is 0.148. The Morgan fingerprint density at radius 1 is 1.38 bits per heavy atom. The van der Waals surface area contributed by atoms with Crippen LogP contribution in [-0.2, 0) is 0 Å². The van der Waals surface area contributed by atoms with E-state index in [1.165, 1.54) is 12.6 Å². The predicted molar refractivity (Wildman–Crippen MR) is 63.7 cm³/mol. The molecule has 88 valence electrons. The minimum Gasteiger partial charge on any atom is -0.394 e. The van der Waals surface area contributed by atoms with Gasteiger partial charge in [0.2, 0.25) is 0 Å². The number of aliphatic hydroxyl groups excluding tert-OH is 1. The van der Waals surface area contributed by atoms with Crippen molar-refractivity contribution in [3.8, 4) is 0 Å². The molecule has 1 aromatic heterocycles. The maximum absolute atomic E-state index is 9.39. The Bertz CT molecular complexity index is 348. The van der Waals surface area contributed by atoms with Gasteiger partial charge in [0, 0.05) is 6.54 Å². The Morgan fingerprint density at radius 3 is 3.00 bits per heavy atom. The van der Waals surface area contributed by atoms with Gasteiger partial charge in [-0.2, -0.15) is 0 Å². The number of rotatable bonds is 2. The summed E-state index contributed by atoms with van der Waals surface area (Å²) in [4.78, 5) is 10.4. The second-order valence-corrected chi connectivity index (χ2v) is 4.47. The summed E-state index contributed by atoms with van der Waals surface area (Å²) in [5.41, 5.74) is 0. The predicted octanol–water partition coefficient (Wildman–Crippen LogP) is 1.87. The van der Waals surface area contributed by atoms with E-state index in [9.17, 15) is 5.11 Å². The monoisotopic (exact) mass is 241 g/mol. The smallest absolute Gasteiger partial charge is 0.149 e. The van der Waals surface area contributed by atoms with Gasteiger partial charge in [-0.05, 0) is 12.8 Å². The van der Waals surface area contributed by atoms with E-state index in [1.54, 1.807) is 6.20 Å². The molecule has 0 saturated carbocycles. The van der Waals surface area contributed by atoms with Crippen LogP contribution in [0.1, 0.15) is 25.7 Å². The third-order valence-electron chi connectivity index (χ3n) is 2.97. The highest BCUT2D eigenvalue weighted by atomic mass is 35.5. The molecule has 0 radical (unpaired) electrons. The third-order valence-corrected chi connectivity index (χ3v) is 3.16.